The molecule has 1 aliphatic rings. The molecule has 6 nitrogen and oxygen atoms in total. The van der Waals surface area contributed by atoms with Gasteiger partial charge in [0, 0.05) is 6.04 Å². The minimum absolute atomic E-state index is 0.0375. The molecule has 1 aliphatic carbocycles. The first kappa shape index (κ1) is 17.4. The molecule has 0 amide bonds. The Morgan fingerprint density at radius 2 is 1.92 bits per heavy atom. The van der Waals surface area contributed by atoms with Crippen molar-refractivity contribution in [1.82, 2.24) is 4.72 Å². The molecule has 0 bridgehead atoms. The maximum Gasteiger partial charge on any atom is 0.335 e. The highest BCUT2D eigenvalue weighted by Crippen LogP contribution is 2.30. The number of carbonyl (C=O) groups is 1. The summed E-state index contributed by atoms with van der Waals surface area (Å²) in [6, 6.07) is 9.49. The summed E-state index contributed by atoms with van der Waals surface area (Å²) in [7, 11) is -2.18. The van der Waals surface area contributed by atoms with Gasteiger partial charge in [-0.25, -0.2) is 17.9 Å². The quantitative estimate of drug-likeness (QED) is 0.825. The van der Waals surface area contributed by atoms with Gasteiger partial charge in [-0.2, -0.15) is 0 Å². The van der Waals surface area contributed by atoms with Crippen LogP contribution in [0.4, 0.5) is 0 Å². The van der Waals surface area contributed by atoms with Crippen LogP contribution in [0.3, 0.4) is 0 Å². The Morgan fingerprint density at radius 3 is 2.48 bits per heavy atom. The first-order chi connectivity index (χ1) is 11.8. The van der Waals surface area contributed by atoms with Crippen LogP contribution in [0.25, 0.3) is 11.1 Å². The van der Waals surface area contributed by atoms with E-state index in [9.17, 15) is 18.3 Å². The van der Waals surface area contributed by atoms with Crippen LogP contribution < -0.4 is 9.46 Å². The number of ether oxygens (including phenoxy) is 1. The molecule has 2 N–H and O–H groups in total. The van der Waals surface area contributed by atoms with E-state index in [0.29, 0.717) is 11.3 Å². The van der Waals surface area contributed by atoms with E-state index in [1.54, 1.807) is 19.2 Å². The third-order valence-electron chi connectivity index (χ3n) is 4.11. The van der Waals surface area contributed by atoms with Crippen LogP contribution in [0.2, 0.25) is 0 Å². The molecule has 7 heteroatoms. The standard InChI is InChI=1S/C18H19NO5S/c1-11-7-15(24-2)5-6-17(11)12-8-13(18(20)21)10-16(9-12)25(22,23)19-14-3-4-14/h5-10,14,19H,3-4H2,1-2H3,(H,20,21). The van der Waals surface area contributed by atoms with Crippen molar-refractivity contribution in [3.63, 3.8) is 0 Å². The van der Waals surface area contributed by atoms with Crippen molar-refractivity contribution in [2.24, 2.45) is 0 Å². The lowest BCUT2D eigenvalue weighted by Crippen LogP contribution is -2.26. The van der Waals surface area contributed by atoms with Gasteiger partial charge in [0.1, 0.15) is 5.75 Å². The van der Waals surface area contributed by atoms with Crippen LogP contribution in [0, 0.1) is 6.92 Å². The van der Waals surface area contributed by atoms with E-state index in [1.165, 1.54) is 18.2 Å². The van der Waals surface area contributed by atoms with E-state index in [2.05, 4.69) is 4.72 Å². The van der Waals surface area contributed by atoms with Crippen LogP contribution in [-0.2, 0) is 10.0 Å². The second-order valence-electron chi connectivity index (χ2n) is 6.13. The smallest absolute Gasteiger partial charge is 0.335 e. The Labute approximate surface area is 146 Å². The highest BCUT2D eigenvalue weighted by Gasteiger charge is 2.28. The Bertz CT molecular complexity index is 932. The molecule has 1 fully saturated rings. The molecule has 0 spiro atoms. The summed E-state index contributed by atoms with van der Waals surface area (Å²) in [5, 5.41) is 9.36. The molecule has 0 unspecified atom stereocenters. The van der Waals surface area contributed by atoms with Crippen molar-refractivity contribution in [3.05, 3.63) is 47.5 Å². The Kier molecular flexibility index (Phi) is 4.53. The number of carboxylic acids is 1. The lowest BCUT2D eigenvalue weighted by molar-refractivity contribution is 0.0696. The zero-order valence-corrected chi connectivity index (χ0v) is 14.8. The van der Waals surface area contributed by atoms with Crippen LogP contribution in [0.1, 0.15) is 28.8 Å². The van der Waals surface area contributed by atoms with Gasteiger partial charge in [0.05, 0.1) is 17.6 Å². The molecule has 0 atom stereocenters. The first-order valence-corrected chi connectivity index (χ1v) is 9.34. The fourth-order valence-electron chi connectivity index (χ4n) is 2.61. The fraction of sp³-hybridized carbons (Fsp3) is 0.278. The van der Waals surface area contributed by atoms with E-state index in [4.69, 9.17) is 4.74 Å². The van der Waals surface area contributed by atoms with Crippen LogP contribution in [0.15, 0.2) is 41.3 Å². The van der Waals surface area contributed by atoms with Crippen molar-refractivity contribution >= 4 is 16.0 Å². The van der Waals surface area contributed by atoms with Crippen molar-refractivity contribution in [3.8, 4) is 16.9 Å². The molecule has 2 aromatic carbocycles. The summed E-state index contributed by atoms with van der Waals surface area (Å²) >= 11 is 0. The lowest BCUT2D eigenvalue weighted by Gasteiger charge is -2.12. The number of aryl methyl sites for hydroxylation is 1. The van der Waals surface area contributed by atoms with E-state index in [0.717, 1.165) is 24.0 Å². The topological polar surface area (TPSA) is 92.7 Å². The minimum atomic E-state index is -3.75. The number of rotatable bonds is 6. The number of carboxylic acid groups (broad SMARTS) is 1. The molecular formula is C18H19NO5S. The average molecular weight is 361 g/mol. The molecule has 0 heterocycles. The molecule has 1 saturated carbocycles. The number of hydrogen-bond donors (Lipinski definition) is 2. The summed E-state index contributed by atoms with van der Waals surface area (Å²) < 4.78 is 32.8. The SMILES string of the molecule is COc1ccc(-c2cc(C(=O)O)cc(S(=O)(=O)NC3CC3)c2)c(C)c1. The van der Waals surface area contributed by atoms with Crippen molar-refractivity contribution in [2.75, 3.05) is 7.11 Å². The monoisotopic (exact) mass is 361 g/mol. The fourth-order valence-corrected chi connectivity index (χ4v) is 3.98. The van der Waals surface area contributed by atoms with Gasteiger partial charge in [-0.15, -0.1) is 0 Å². The largest absolute Gasteiger partial charge is 0.497 e. The normalized spacial score (nSPS) is 14.3. The van der Waals surface area contributed by atoms with Gasteiger partial charge in [0.25, 0.3) is 0 Å². The summed E-state index contributed by atoms with van der Waals surface area (Å²) in [4.78, 5) is 11.4. The van der Waals surface area contributed by atoms with E-state index < -0.39 is 16.0 Å². The molecule has 132 valence electrons. The van der Waals surface area contributed by atoms with Gasteiger partial charge in [0.2, 0.25) is 10.0 Å². The highest BCUT2D eigenvalue weighted by atomic mass is 32.2. The number of sulfonamides is 1. The molecule has 0 radical (unpaired) electrons. The number of aromatic carboxylic acids is 1. The number of hydrogen-bond acceptors (Lipinski definition) is 4. The second-order valence-corrected chi connectivity index (χ2v) is 7.84. The number of nitrogens with one attached hydrogen (secondary N) is 1. The van der Waals surface area contributed by atoms with E-state index in [-0.39, 0.29) is 16.5 Å². The van der Waals surface area contributed by atoms with Gasteiger partial charge in [0.15, 0.2) is 0 Å². The molecule has 0 aromatic heterocycles. The predicted octanol–water partition coefficient (Wildman–Crippen LogP) is 2.81. The van der Waals surface area contributed by atoms with Crippen molar-refractivity contribution < 1.29 is 23.1 Å². The summed E-state index contributed by atoms with van der Waals surface area (Å²) in [6.45, 7) is 1.86. The first-order valence-electron chi connectivity index (χ1n) is 7.86. The third kappa shape index (κ3) is 3.83. The number of benzene rings is 2. The summed E-state index contributed by atoms with van der Waals surface area (Å²) in [6.07, 6.45) is 1.62. The van der Waals surface area contributed by atoms with Gasteiger partial charge in [-0.3, -0.25) is 0 Å². The maximum absolute atomic E-state index is 12.5. The van der Waals surface area contributed by atoms with Crippen LogP contribution >= 0.6 is 0 Å². The molecular weight excluding hydrogens is 342 g/mol. The Balaban J connectivity index is 2.11. The Hall–Kier alpha value is -2.38. The van der Waals surface area contributed by atoms with Crippen molar-refractivity contribution in [1.29, 1.82) is 0 Å². The maximum atomic E-state index is 12.5. The average Bonchev–Trinajstić information content (AvgIpc) is 3.37. The van der Waals surface area contributed by atoms with E-state index >= 15 is 0 Å². The van der Waals surface area contributed by atoms with Gasteiger partial charge in [-0.1, -0.05) is 6.07 Å². The van der Waals surface area contributed by atoms with Crippen LogP contribution in [0.5, 0.6) is 5.75 Å². The zero-order chi connectivity index (χ0) is 18.2. The zero-order valence-electron chi connectivity index (χ0n) is 13.9. The minimum Gasteiger partial charge on any atom is -0.497 e. The summed E-state index contributed by atoms with van der Waals surface area (Å²) in [5.74, 6) is -0.491. The van der Waals surface area contributed by atoms with Gasteiger partial charge in [-0.05, 0) is 66.8 Å². The molecule has 2 aromatic rings. The van der Waals surface area contributed by atoms with Gasteiger partial charge >= 0.3 is 5.97 Å². The molecule has 0 saturated heterocycles. The highest BCUT2D eigenvalue weighted by molar-refractivity contribution is 7.89. The predicted molar refractivity (Wildman–Crippen MR) is 93.5 cm³/mol. The number of methoxy groups -OCH3 is 1. The Morgan fingerprint density at radius 1 is 1.20 bits per heavy atom. The molecule has 25 heavy (non-hydrogen) atoms. The second kappa shape index (κ2) is 6.50. The summed E-state index contributed by atoms with van der Waals surface area (Å²) in [5.41, 5.74) is 2.09. The lowest BCUT2D eigenvalue weighted by atomic mass is 9.98. The van der Waals surface area contributed by atoms with Crippen LogP contribution in [-0.4, -0.2) is 32.6 Å². The third-order valence-corrected chi connectivity index (χ3v) is 5.61. The molecule has 3 rings (SSSR count). The molecule has 0 aliphatic heterocycles. The van der Waals surface area contributed by atoms with Crippen molar-refractivity contribution in [2.45, 2.75) is 30.7 Å². The van der Waals surface area contributed by atoms with Gasteiger partial charge < -0.3 is 9.84 Å². The van der Waals surface area contributed by atoms with E-state index in [1.807, 2.05) is 13.0 Å².